The lowest BCUT2D eigenvalue weighted by Crippen LogP contribution is -2.36. The number of carboxylic acid groups (broad SMARTS) is 1. The molecule has 41 nitrogen and oxygen atoms in total. The SMILES string of the molecule is C1COCCN1.CC(=O)NC[C@@H](CCl)OC(C)=O.CC(=O)NC[C@H]1CN(c2ccc(N3CCOCC3)c(F)c2)C(=O)O1.CC(=O)OC(C)=O.Cl.ClCC1CO1.ClC[C@@H]1CO1.N.NC[C@H](O)CCl.Nc1ccc(N2CCOCC2)c(F)c1.O=C(Cl)OCc1ccccc1.O=C(Nc1ccc(N2CCOCC2)c(F)c1)OCc1ccccc1.O=CO.O=[N+]([O-])c1ccc(F)c(F)c1.O=[N+]([O-])c1ccc(N2CCOCC2)c(F)c1. The molecule has 7 aromatic rings. The van der Waals surface area contributed by atoms with Gasteiger partial charge >= 0.3 is 35.5 Å². The van der Waals surface area contributed by atoms with Crippen LogP contribution in [0.15, 0.2) is 152 Å². The number of hydrogen-bond acceptors (Lipinski definition) is 34. The van der Waals surface area contributed by atoms with E-state index in [4.69, 9.17) is 132 Å². The maximum absolute atomic E-state index is 14.4. The van der Waals surface area contributed by atoms with Gasteiger partial charge in [-0.05, 0) is 77.9 Å². The molecular weight excluding hydrogens is 2070 g/mol. The van der Waals surface area contributed by atoms with E-state index in [0.29, 0.717) is 168 Å². The van der Waals surface area contributed by atoms with Crippen LogP contribution < -0.4 is 63.4 Å². The summed E-state index contributed by atoms with van der Waals surface area (Å²) < 4.78 is 139. The third kappa shape index (κ3) is 59.8. The number of nitro benzene ring substituents is 2. The van der Waals surface area contributed by atoms with Crippen LogP contribution in [0.4, 0.5) is 91.9 Å². The quantitative estimate of drug-likeness (QED) is 0.00260. The van der Waals surface area contributed by atoms with E-state index in [0.717, 1.165) is 75.9 Å². The standard InChI is InChI=1S/C18H19FN2O3.C16H20FN3O4.C10H11FN2O3.C10H13FN2O.C8H7ClO2.C7H12ClNO3.C6H3F2NO2.C4H9NO.C4H6O3.C3H8ClNO.2C3H5ClO.CH2O2.ClH.H3N/c19-16-12-15(6-7-17(16)21-8-10-23-11-9-21)20-18(22)24-13-14-4-2-1-3-5-14;1-11(21)18-9-13-10-20(16(22)24-13)12-2-3-15(14(17)8-12)19-4-6-23-7-5-19;11-9-7-8(13(14)15)1-2-10(9)12-3-5-16-6-4-12;11-9-7-8(12)1-2-10(9)13-3-5-14-6-4-13;9-8(10)11-6-7-4-2-1-3-5-7;1-5(10)9-4-7(3-8)12-6(2)11;7-5-2-1-4(9(10)11)3-6(5)8;1-3-6-4-2-5-1;1-3(5)7-4(2)6;4-1-3(6)2-5;2*4-1-3-2-5-3;2-1-3;;/h1-7,12H,8-11,13H2,(H,20,22);2-3,8,13H,4-7,9-10H2,1H3,(H,18,21);1-2,7H,3-6H2;1-2,7H,3-6,12H2;1-5H,6H2;7H,3-4H2,1-2H3,(H,9,10);1-3H;5H,1-4H2;1-2H3;3,6H,1-2,5H2;2*3H,1-2H2;1H,(H,2,3);1H;1H3/t;13-;;;;7-;;;;2*3-;;;;/m.0...1...11..../s1. The number of nitrogens with zero attached hydrogens (tertiary/aromatic N) is 7. The molecule has 4 amide bonds. The van der Waals surface area contributed by atoms with Gasteiger partial charge in [0.15, 0.2) is 17.5 Å². The van der Waals surface area contributed by atoms with Gasteiger partial charge in [0.25, 0.3) is 17.8 Å². The molecular formula is C93H124Cl6F6N14O27. The number of aliphatic hydroxyl groups is 1. The number of alkyl halides is 4. The van der Waals surface area contributed by atoms with Gasteiger partial charge in [-0.15, -0.1) is 58.8 Å². The van der Waals surface area contributed by atoms with Crippen molar-refractivity contribution < 1.29 is 146 Å². The minimum absolute atomic E-state index is 0. The summed E-state index contributed by atoms with van der Waals surface area (Å²) in [5, 5.41) is 46.5. The molecule has 146 heavy (non-hydrogen) atoms. The Morgan fingerprint density at radius 2 is 0.932 bits per heavy atom. The summed E-state index contributed by atoms with van der Waals surface area (Å²) >= 11 is 26.1. The lowest BCUT2D eigenvalue weighted by atomic mass is 10.2. The van der Waals surface area contributed by atoms with E-state index in [1.165, 1.54) is 69.9 Å². The van der Waals surface area contributed by atoms with E-state index >= 15 is 0 Å². The third-order valence-electron chi connectivity index (χ3n) is 18.7. The zero-order chi connectivity index (χ0) is 107. The van der Waals surface area contributed by atoms with E-state index in [2.05, 4.69) is 30.7 Å². The largest absolute Gasteiger partial charge is 0.483 e. The molecule has 8 aliphatic heterocycles. The van der Waals surface area contributed by atoms with Crippen LogP contribution in [-0.2, 0) is 98.8 Å². The molecule has 53 heteroatoms. The first-order chi connectivity index (χ1) is 68.9. The molecule has 15 rings (SSSR count). The predicted octanol–water partition coefficient (Wildman–Crippen LogP) is 12.9. The number of nitrogens with two attached hydrogens (primary N) is 2. The van der Waals surface area contributed by atoms with Crippen molar-refractivity contribution in [1.29, 1.82) is 0 Å². The smallest absolute Gasteiger partial charge is 0.414 e. The number of nitrogens with one attached hydrogen (secondary N) is 4. The molecule has 8 fully saturated rings. The van der Waals surface area contributed by atoms with Crippen molar-refractivity contribution in [3.63, 3.8) is 0 Å². The first-order valence-corrected chi connectivity index (χ1v) is 46.8. The molecule has 13 N–H and O–H groups in total. The van der Waals surface area contributed by atoms with E-state index < -0.39 is 86.8 Å². The van der Waals surface area contributed by atoms with E-state index in [1.54, 1.807) is 36.4 Å². The molecule has 1 unspecified atom stereocenters. The maximum Gasteiger partial charge on any atom is 0.414 e. The second kappa shape index (κ2) is 77.6. The first kappa shape index (κ1) is 132. The highest BCUT2D eigenvalue weighted by molar-refractivity contribution is 6.61. The van der Waals surface area contributed by atoms with Crippen LogP contribution >= 0.6 is 70.4 Å². The number of amides is 4. The number of rotatable bonds is 22. The Hall–Kier alpha value is -11.8. The van der Waals surface area contributed by atoms with Gasteiger partial charge in [-0.2, -0.15) is 0 Å². The molecule has 0 saturated carbocycles. The van der Waals surface area contributed by atoms with Gasteiger partial charge in [-0.3, -0.25) is 59.2 Å². The number of carbonyl (C=O) groups excluding carboxylic acids is 8. The van der Waals surface area contributed by atoms with Crippen LogP contribution in [0.5, 0.6) is 0 Å². The van der Waals surface area contributed by atoms with Gasteiger partial charge < -0.3 is 120 Å². The molecule has 7 aromatic carbocycles. The predicted molar refractivity (Wildman–Crippen MR) is 540 cm³/mol. The number of nitro groups is 2. The number of ether oxygens (including phenoxy) is 12. The fraction of sp³-hybridized carbons (Fsp3) is 0.452. The zero-order valence-corrected chi connectivity index (χ0v) is 85.3. The highest BCUT2D eigenvalue weighted by Crippen LogP contribution is 2.31. The van der Waals surface area contributed by atoms with Crippen LogP contribution in [0.25, 0.3) is 0 Å². The highest BCUT2D eigenvalue weighted by atomic mass is 35.5. The monoisotopic (exact) mass is 2190 g/mol. The topological polar surface area (TPSA) is 549 Å². The lowest BCUT2D eigenvalue weighted by molar-refractivity contribution is -0.385. The summed E-state index contributed by atoms with van der Waals surface area (Å²) in [6.07, 6.45) is -1.75. The van der Waals surface area contributed by atoms with Crippen molar-refractivity contribution in [1.82, 2.24) is 22.1 Å². The molecule has 0 aliphatic carbocycles. The number of non-ortho nitro benzene ring substituents is 2. The number of aliphatic hydroxyl groups excluding tert-OH is 1. The molecule has 0 aromatic heterocycles. The van der Waals surface area contributed by atoms with E-state index in [9.17, 15) is 84.9 Å². The van der Waals surface area contributed by atoms with Crippen molar-refractivity contribution in [3.05, 3.63) is 218 Å². The molecule has 0 radical (unpaired) electrons. The van der Waals surface area contributed by atoms with Crippen LogP contribution in [0, 0.1) is 55.1 Å². The second-order valence-electron chi connectivity index (χ2n) is 30.0. The number of cyclic esters (lactones) is 1. The number of halogens is 12. The number of carbonyl (C=O) groups is 9. The van der Waals surface area contributed by atoms with Gasteiger partial charge in [0.1, 0.15) is 42.9 Å². The Bertz CT molecular complexity index is 4950. The minimum Gasteiger partial charge on any atom is -0.483 e. The van der Waals surface area contributed by atoms with Crippen LogP contribution in [0.1, 0.15) is 45.7 Å². The van der Waals surface area contributed by atoms with E-state index in [-0.39, 0.29) is 111 Å². The molecule has 8 heterocycles. The minimum atomic E-state index is -1.21. The number of nitrogen functional groups attached to an aromatic ring is 1. The molecule has 812 valence electrons. The van der Waals surface area contributed by atoms with Crippen molar-refractivity contribution >= 4 is 175 Å². The summed E-state index contributed by atoms with van der Waals surface area (Å²) in [5.41, 5.74) is 14.1. The summed E-state index contributed by atoms with van der Waals surface area (Å²) in [5.74, 6) is -4.01. The van der Waals surface area contributed by atoms with Crippen LogP contribution in [0.3, 0.4) is 0 Å². The van der Waals surface area contributed by atoms with Crippen molar-refractivity contribution in [2.75, 3.05) is 230 Å². The van der Waals surface area contributed by atoms with Gasteiger partial charge in [0.05, 0.1) is 185 Å². The Balaban J connectivity index is 0.000000819. The van der Waals surface area contributed by atoms with Crippen molar-refractivity contribution in [3.8, 4) is 0 Å². The van der Waals surface area contributed by atoms with Gasteiger partial charge in [0.2, 0.25) is 11.8 Å². The highest BCUT2D eigenvalue weighted by Gasteiger charge is 2.34. The Morgan fingerprint density at radius 3 is 1.25 bits per heavy atom. The number of epoxide rings is 2. The summed E-state index contributed by atoms with van der Waals surface area (Å²) in [7, 11) is 0. The average Bonchev–Trinajstić information content (AvgIpc) is 1.71. The average molecular weight is 2200 g/mol. The normalized spacial score (nSPS) is 16.0. The third-order valence-corrected chi connectivity index (χ3v) is 20.2. The molecule has 0 bridgehead atoms. The zero-order valence-electron chi connectivity index (χ0n) is 80.7. The second-order valence-corrected chi connectivity index (χ2v) is 31.6. The molecule has 8 saturated heterocycles. The molecule has 8 aliphatic rings. The maximum atomic E-state index is 14.4. The Labute approximate surface area is 871 Å². The summed E-state index contributed by atoms with van der Waals surface area (Å²) in [6, 6.07) is 38.7. The summed E-state index contributed by atoms with van der Waals surface area (Å²) in [6.45, 7) is 23.2. The number of benzene rings is 7. The van der Waals surface area contributed by atoms with Crippen molar-refractivity contribution in [2.24, 2.45) is 5.73 Å². The number of anilines is 7. The Morgan fingerprint density at radius 1 is 0.534 bits per heavy atom. The molecule has 0 spiro atoms. The number of hydrogen-bond donors (Lipinski definition) is 9. The lowest BCUT2D eigenvalue weighted by Gasteiger charge is -2.29. The molecule has 5 atom stereocenters. The number of morpholine rings is 5. The van der Waals surface area contributed by atoms with Gasteiger partial charge in [0, 0.05) is 148 Å². The van der Waals surface area contributed by atoms with Crippen molar-refractivity contribution in [2.45, 2.75) is 78.4 Å². The van der Waals surface area contributed by atoms with E-state index in [1.807, 2.05) is 80.3 Å². The number of esters is 3. The van der Waals surface area contributed by atoms with Crippen LogP contribution in [0.2, 0.25) is 0 Å². The Kier molecular flexibility index (Phi) is 70.3. The van der Waals surface area contributed by atoms with Crippen LogP contribution in [-0.4, -0.2) is 299 Å². The summed E-state index contributed by atoms with van der Waals surface area (Å²) in [4.78, 5) is 122. The van der Waals surface area contributed by atoms with Gasteiger partial charge in [-0.1, -0.05) is 60.7 Å². The fourth-order valence-electron chi connectivity index (χ4n) is 11.6. The fourth-order valence-corrected chi connectivity index (χ4v) is 12.3. The first-order valence-electron chi connectivity index (χ1n) is 44.3. The van der Waals surface area contributed by atoms with Gasteiger partial charge in [-0.25, -0.2) is 40.7 Å².